The summed E-state index contributed by atoms with van der Waals surface area (Å²) >= 11 is 0. The summed E-state index contributed by atoms with van der Waals surface area (Å²) in [4.78, 5) is 12.8. The van der Waals surface area contributed by atoms with Gasteiger partial charge in [0, 0.05) is 23.7 Å². The van der Waals surface area contributed by atoms with Gasteiger partial charge in [0.05, 0.1) is 6.04 Å². The fraction of sp³-hybridized carbons (Fsp3) is 0.562. The summed E-state index contributed by atoms with van der Waals surface area (Å²) in [5.74, 6) is -0.923. The Labute approximate surface area is 123 Å². The predicted molar refractivity (Wildman–Crippen MR) is 75.7 cm³/mol. The smallest absolute Gasteiger partial charge is 0.210 e. The van der Waals surface area contributed by atoms with Gasteiger partial charge in [0.1, 0.15) is 11.6 Å². The van der Waals surface area contributed by atoms with Crippen LogP contribution in [0.15, 0.2) is 18.2 Å². The van der Waals surface area contributed by atoms with Crippen molar-refractivity contribution in [2.75, 3.05) is 6.54 Å². The van der Waals surface area contributed by atoms with Crippen molar-refractivity contribution in [3.8, 4) is 0 Å². The van der Waals surface area contributed by atoms with Crippen molar-refractivity contribution in [2.24, 2.45) is 0 Å². The van der Waals surface area contributed by atoms with Crippen LogP contribution in [0.5, 0.6) is 0 Å². The Morgan fingerprint density at radius 2 is 2.14 bits per heavy atom. The molecule has 2 aliphatic rings. The molecule has 2 atom stereocenters. The standard InChI is InChI=1S/C16H20F2N2O/c1-16(5-6-16)19-12-4-7-20(10-21)15(9-12)13-8-11(17)2-3-14(13)18/h2-3,8,10,12,15,19H,4-7,9H2,1H3. The largest absolute Gasteiger partial charge is 0.338 e. The van der Waals surface area contributed by atoms with Crippen LogP contribution in [-0.4, -0.2) is 29.4 Å². The number of benzene rings is 1. The molecule has 1 saturated carbocycles. The van der Waals surface area contributed by atoms with Gasteiger partial charge in [-0.25, -0.2) is 8.78 Å². The lowest BCUT2D eigenvalue weighted by Crippen LogP contribution is -2.47. The van der Waals surface area contributed by atoms with Crippen LogP contribution in [0.4, 0.5) is 8.78 Å². The molecule has 1 aromatic rings. The minimum Gasteiger partial charge on any atom is -0.338 e. The molecule has 1 heterocycles. The third-order valence-electron chi connectivity index (χ3n) is 4.65. The van der Waals surface area contributed by atoms with Crippen LogP contribution in [0.2, 0.25) is 0 Å². The van der Waals surface area contributed by atoms with E-state index in [1.54, 1.807) is 4.90 Å². The van der Waals surface area contributed by atoms with Crippen molar-refractivity contribution >= 4 is 6.41 Å². The van der Waals surface area contributed by atoms with Crippen LogP contribution in [0.1, 0.15) is 44.2 Å². The van der Waals surface area contributed by atoms with E-state index in [4.69, 9.17) is 0 Å². The summed E-state index contributed by atoms with van der Waals surface area (Å²) in [6.07, 6.45) is 4.51. The summed E-state index contributed by atoms with van der Waals surface area (Å²) in [7, 11) is 0. The van der Waals surface area contributed by atoms with E-state index in [1.807, 2.05) is 0 Å². The summed E-state index contributed by atoms with van der Waals surface area (Å²) in [5.41, 5.74) is 0.466. The molecule has 21 heavy (non-hydrogen) atoms. The molecule has 2 unspecified atom stereocenters. The van der Waals surface area contributed by atoms with Gasteiger partial charge in [-0.3, -0.25) is 4.79 Å². The fourth-order valence-electron chi connectivity index (χ4n) is 3.14. The molecule has 2 fully saturated rings. The van der Waals surface area contributed by atoms with Gasteiger partial charge in [-0.1, -0.05) is 0 Å². The zero-order valence-electron chi connectivity index (χ0n) is 12.1. The summed E-state index contributed by atoms with van der Waals surface area (Å²) in [6.45, 7) is 2.74. The van der Waals surface area contributed by atoms with Crippen LogP contribution in [0, 0.1) is 11.6 Å². The van der Waals surface area contributed by atoms with Gasteiger partial charge in [-0.15, -0.1) is 0 Å². The Bertz CT molecular complexity index is 545. The Balaban J connectivity index is 1.81. The van der Waals surface area contributed by atoms with Crippen molar-refractivity contribution in [3.05, 3.63) is 35.4 Å². The molecule has 3 nitrogen and oxygen atoms in total. The van der Waals surface area contributed by atoms with Crippen LogP contribution in [0.3, 0.4) is 0 Å². The molecule has 1 aromatic carbocycles. The minimum atomic E-state index is -0.471. The molecule has 1 aliphatic heterocycles. The number of nitrogens with one attached hydrogen (secondary N) is 1. The van der Waals surface area contributed by atoms with E-state index in [-0.39, 0.29) is 17.1 Å². The molecule has 5 heteroatoms. The summed E-state index contributed by atoms with van der Waals surface area (Å²) < 4.78 is 27.4. The molecular weight excluding hydrogens is 274 g/mol. The van der Waals surface area contributed by atoms with Crippen molar-refractivity contribution in [1.82, 2.24) is 10.2 Å². The number of likely N-dealkylation sites (tertiary alicyclic amines) is 1. The van der Waals surface area contributed by atoms with E-state index < -0.39 is 17.7 Å². The highest BCUT2D eigenvalue weighted by Crippen LogP contribution is 2.38. The van der Waals surface area contributed by atoms with Crippen molar-refractivity contribution in [1.29, 1.82) is 0 Å². The molecule has 1 saturated heterocycles. The van der Waals surface area contributed by atoms with E-state index in [9.17, 15) is 13.6 Å². The van der Waals surface area contributed by atoms with Crippen molar-refractivity contribution < 1.29 is 13.6 Å². The molecule has 0 radical (unpaired) electrons. The van der Waals surface area contributed by atoms with Crippen LogP contribution >= 0.6 is 0 Å². The van der Waals surface area contributed by atoms with Gasteiger partial charge in [0.15, 0.2) is 0 Å². The van der Waals surface area contributed by atoms with E-state index in [0.29, 0.717) is 13.0 Å². The maximum atomic E-state index is 14.0. The maximum Gasteiger partial charge on any atom is 0.210 e. The first-order chi connectivity index (χ1) is 10.0. The third kappa shape index (κ3) is 3.07. The first-order valence-corrected chi connectivity index (χ1v) is 7.44. The van der Waals surface area contributed by atoms with Gasteiger partial charge in [-0.05, 0) is 50.8 Å². The fourth-order valence-corrected chi connectivity index (χ4v) is 3.14. The molecule has 0 aromatic heterocycles. The van der Waals surface area contributed by atoms with Gasteiger partial charge in [0.2, 0.25) is 6.41 Å². The summed E-state index contributed by atoms with van der Waals surface area (Å²) in [5, 5.41) is 3.59. The Kier molecular flexibility index (Phi) is 3.69. The lowest BCUT2D eigenvalue weighted by atomic mass is 9.91. The average molecular weight is 294 g/mol. The number of nitrogens with zero attached hydrogens (tertiary/aromatic N) is 1. The van der Waals surface area contributed by atoms with Crippen LogP contribution < -0.4 is 5.32 Å². The zero-order valence-corrected chi connectivity index (χ0v) is 12.1. The zero-order chi connectivity index (χ0) is 15.0. The second-order valence-corrected chi connectivity index (χ2v) is 6.45. The Hall–Kier alpha value is -1.49. The highest BCUT2D eigenvalue weighted by molar-refractivity contribution is 5.49. The van der Waals surface area contributed by atoms with E-state index >= 15 is 0 Å². The topological polar surface area (TPSA) is 32.3 Å². The number of hydrogen-bond donors (Lipinski definition) is 1. The first-order valence-electron chi connectivity index (χ1n) is 7.44. The van der Waals surface area contributed by atoms with Crippen LogP contribution in [0.25, 0.3) is 0 Å². The highest BCUT2D eigenvalue weighted by Gasteiger charge is 2.41. The Morgan fingerprint density at radius 3 is 2.81 bits per heavy atom. The Morgan fingerprint density at radius 1 is 1.38 bits per heavy atom. The summed E-state index contributed by atoms with van der Waals surface area (Å²) in [6, 6.07) is 3.28. The molecule has 0 bridgehead atoms. The van der Waals surface area contributed by atoms with Crippen molar-refractivity contribution in [3.63, 3.8) is 0 Å². The minimum absolute atomic E-state index is 0.194. The number of carbonyl (C=O) groups excluding carboxylic acids is 1. The molecule has 1 aliphatic carbocycles. The second kappa shape index (κ2) is 5.37. The number of piperidine rings is 1. The molecule has 0 spiro atoms. The van der Waals surface area contributed by atoms with Gasteiger partial charge in [0.25, 0.3) is 0 Å². The van der Waals surface area contributed by atoms with Gasteiger partial charge in [-0.2, -0.15) is 0 Å². The lowest BCUT2D eigenvalue weighted by molar-refractivity contribution is -0.122. The number of amides is 1. The van der Waals surface area contributed by atoms with Gasteiger partial charge >= 0.3 is 0 Å². The molecule has 1 amide bonds. The van der Waals surface area contributed by atoms with E-state index in [2.05, 4.69) is 12.2 Å². The molecule has 3 rings (SSSR count). The van der Waals surface area contributed by atoms with Crippen LogP contribution in [-0.2, 0) is 4.79 Å². The SMILES string of the molecule is CC1(NC2CCN(C=O)C(c3cc(F)ccc3F)C2)CC1. The van der Waals surface area contributed by atoms with Gasteiger partial charge < -0.3 is 10.2 Å². The monoisotopic (exact) mass is 294 g/mol. The number of rotatable bonds is 4. The predicted octanol–water partition coefficient (Wildman–Crippen LogP) is 2.77. The molecule has 1 N–H and O–H groups in total. The van der Waals surface area contributed by atoms with E-state index in [1.165, 1.54) is 6.07 Å². The first kappa shape index (κ1) is 14.4. The highest BCUT2D eigenvalue weighted by atomic mass is 19.1. The second-order valence-electron chi connectivity index (χ2n) is 6.45. The number of carbonyl (C=O) groups is 1. The number of halogens is 2. The molecular formula is C16H20F2N2O. The third-order valence-corrected chi connectivity index (χ3v) is 4.65. The van der Waals surface area contributed by atoms with E-state index in [0.717, 1.165) is 37.8 Å². The maximum absolute atomic E-state index is 14.0. The average Bonchev–Trinajstić information content (AvgIpc) is 3.19. The van der Waals surface area contributed by atoms with Crippen molar-refractivity contribution in [2.45, 2.75) is 50.2 Å². The lowest BCUT2D eigenvalue weighted by Gasteiger charge is -2.39. The quantitative estimate of drug-likeness (QED) is 0.866. The normalized spacial score (nSPS) is 27.5. The molecule has 114 valence electrons. The number of hydrogen-bond acceptors (Lipinski definition) is 2.